The van der Waals surface area contributed by atoms with Crippen molar-refractivity contribution in [3.8, 4) is 11.5 Å². The third-order valence-electron chi connectivity index (χ3n) is 6.68. The highest BCUT2D eigenvalue weighted by Crippen LogP contribution is 2.40. The molecule has 3 unspecified atom stereocenters. The van der Waals surface area contributed by atoms with Crippen molar-refractivity contribution in [2.24, 2.45) is 5.92 Å². The maximum atomic E-state index is 13.3. The van der Waals surface area contributed by atoms with Gasteiger partial charge in [0, 0.05) is 24.3 Å². The normalized spacial score (nSPS) is 21.2. The standard InChI is InChI=1S/C28H26O8/c1-15-26(21-12-17(35-16(2)29)9-11-24(21)34-15)28(31)36-18-8-10-20-25(13-18)33-14-22(27(20)30)19-6-4-5-7-23(19)32-3/h4-7,9,11-12,14,18,20,25H,8,10,13H2,1-3H3. The van der Waals surface area contributed by atoms with E-state index in [4.69, 9.17) is 23.4 Å². The summed E-state index contributed by atoms with van der Waals surface area (Å²) >= 11 is 0. The number of ether oxygens (including phenoxy) is 4. The number of ketones is 1. The van der Waals surface area contributed by atoms with E-state index in [-0.39, 0.29) is 17.8 Å². The average Bonchev–Trinajstić information content (AvgIpc) is 3.19. The SMILES string of the molecule is COc1ccccc1C1=COC2CC(OC(=O)c3c(C)oc4ccc(OC(C)=O)cc34)CCC2C1=O. The second-order valence-electron chi connectivity index (χ2n) is 9.00. The predicted molar refractivity (Wildman–Crippen MR) is 130 cm³/mol. The van der Waals surface area contributed by atoms with Gasteiger partial charge in [0.2, 0.25) is 0 Å². The molecular formula is C28H26O8. The number of fused-ring (bicyclic) bond motifs is 2. The minimum atomic E-state index is -0.526. The van der Waals surface area contributed by atoms with E-state index < -0.39 is 18.0 Å². The van der Waals surface area contributed by atoms with E-state index in [1.807, 2.05) is 24.3 Å². The van der Waals surface area contributed by atoms with Crippen LogP contribution in [0.2, 0.25) is 0 Å². The van der Waals surface area contributed by atoms with Crippen LogP contribution >= 0.6 is 0 Å². The molecule has 2 aromatic carbocycles. The van der Waals surface area contributed by atoms with E-state index in [0.29, 0.717) is 64.2 Å². The van der Waals surface area contributed by atoms with Crippen LogP contribution in [0.3, 0.4) is 0 Å². The summed E-state index contributed by atoms with van der Waals surface area (Å²) in [5, 5.41) is 0.512. The van der Waals surface area contributed by atoms with Gasteiger partial charge in [-0.05, 0) is 44.0 Å². The predicted octanol–water partition coefficient (Wildman–Crippen LogP) is 5.01. The third kappa shape index (κ3) is 4.34. The Balaban J connectivity index is 1.32. The molecule has 1 aliphatic heterocycles. The highest BCUT2D eigenvalue weighted by molar-refractivity contribution is 6.22. The van der Waals surface area contributed by atoms with Gasteiger partial charge in [0.1, 0.15) is 40.6 Å². The number of rotatable bonds is 5. The van der Waals surface area contributed by atoms with E-state index >= 15 is 0 Å². The zero-order valence-corrected chi connectivity index (χ0v) is 20.2. The van der Waals surface area contributed by atoms with Crippen molar-refractivity contribution in [2.45, 2.75) is 45.3 Å². The monoisotopic (exact) mass is 490 g/mol. The van der Waals surface area contributed by atoms with Crippen molar-refractivity contribution >= 4 is 34.3 Å². The van der Waals surface area contributed by atoms with Crippen LogP contribution in [0.25, 0.3) is 16.5 Å². The molecular weight excluding hydrogens is 464 g/mol. The molecule has 2 heterocycles. The largest absolute Gasteiger partial charge is 0.496 e. The number of hydrogen-bond donors (Lipinski definition) is 0. The number of para-hydroxylation sites is 1. The Kier molecular flexibility index (Phi) is 6.26. The van der Waals surface area contributed by atoms with Gasteiger partial charge in [0.15, 0.2) is 5.78 Å². The highest BCUT2D eigenvalue weighted by Gasteiger charge is 2.42. The van der Waals surface area contributed by atoms with Crippen LogP contribution in [0.15, 0.2) is 53.1 Å². The van der Waals surface area contributed by atoms with Gasteiger partial charge in [-0.3, -0.25) is 9.59 Å². The number of furan rings is 1. The lowest BCUT2D eigenvalue weighted by atomic mass is 9.77. The molecule has 186 valence electrons. The van der Waals surface area contributed by atoms with E-state index in [1.54, 1.807) is 32.2 Å². The molecule has 1 aromatic heterocycles. The van der Waals surface area contributed by atoms with Crippen LogP contribution in [0, 0.1) is 12.8 Å². The van der Waals surface area contributed by atoms with Gasteiger partial charge >= 0.3 is 11.9 Å². The summed E-state index contributed by atoms with van der Waals surface area (Å²) in [5.74, 6) is 0.0564. The van der Waals surface area contributed by atoms with Gasteiger partial charge in [0.25, 0.3) is 0 Å². The summed E-state index contributed by atoms with van der Waals surface area (Å²) in [5.41, 5.74) is 1.98. The molecule has 0 N–H and O–H groups in total. The van der Waals surface area contributed by atoms with Crippen molar-refractivity contribution in [3.05, 3.63) is 65.6 Å². The molecule has 3 atom stereocenters. The number of aryl methyl sites for hydroxylation is 1. The maximum Gasteiger partial charge on any atom is 0.342 e. The molecule has 1 fully saturated rings. The van der Waals surface area contributed by atoms with Gasteiger partial charge in [-0.25, -0.2) is 4.79 Å². The van der Waals surface area contributed by atoms with Crippen molar-refractivity contribution < 1.29 is 37.7 Å². The number of allylic oxidation sites excluding steroid dienone is 1. The van der Waals surface area contributed by atoms with Gasteiger partial charge in [-0.1, -0.05) is 18.2 Å². The molecule has 1 aliphatic carbocycles. The Labute approximate surface area is 207 Å². The summed E-state index contributed by atoms with van der Waals surface area (Å²) in [7, 11) is 1.57. The zero-order chi connectivity index (χ0) is 25.4. The first-order valence-electron chi connectivity index (χ1n) is 11.8. The summed E-state index contributed by atoms with van der Waals surface area (Å²) in [6, 6.07) is 12.2. The Morgan fingerprint density at radius 2 is 1.89 bits per heavy atom. The molecule has 8 nitrogen and oxygen atoms in total. The minimum absolute atomic E-state index is 0.00944. The van der Waals surface area contributed by atoms with Gasteiger partial charge in [-0.15, -0.1) is 0 Å². The quantitative estimate of drug-likeness (QED) is 0.363. The molecule has 0 bridgehead atoms. The fourth-order valence-electron chi connectivity index (χ4n) is 5.02. The second kappa shape index (κ2) is 9.53. The van der Waals surface area contributed by atoms with Crippen LogP contribution in [0.1, 0.15) is 47.9 Å². The number of Topliss-reactive ketones (excluding diaryl/α,β-unsaturated/α-hetero) is 1. The van der Waals surface area contributed by atoms with Crippen molar-refractivity contribution in [2.75, 3.05) is 7.11 Å². The number of hydrogen-bond acceptors (Lipinski definition) is 8. The molecule has 2 aliphatic rings. The highest BCUT2D eigenvalue weighted by atomic mass is 16.5. The summed E-state index contributed by atoms with van der Waals surface area (Å²) < 4.78 is 28.1. The summed E-state index contributed by atoms with van der Waals surface area (Å²) in [6.45, 7) is 3.00. The number of esters is 2. The molecule has 1 saturated carbocycles. The van der Waals surface area contributed by atoms with Gasteiger partial charge in [-0.2, -0.15) is 0 Å². The van der Waals surface area contributed by atoms with E-state index in [9.17, 15) is 14.4 Å². The average molecular weight is 491 g/mol. The first-order chi connectivity index (χ1) is 17.4. The van der Waals surface area contributed by atoms with Crippen LogP contribution in [0.4, 0.5) is 0 Å². The van der Waals surface area contributed by atoms with Crippen LogP contribution in [-0.4, -0.2) is 37.0 Å². The number of carbonyl (C=O) groups excluding carboxylic acids is 3. The lowest BCUT2D eigenvalue weighted by Crippen LogP contribution is -2.42. The van der Waals surface area contributed by atoms with Crippen LogP contribution in [-0.2, 0) is 19.1 Å². The van der Waals surface area contributed by atoms with Crippen molar-refractivity contribution in [3.63, 3.8) is 0 Å². The molecule has 0 radical (unpaired) electrons. The molecule has 36 heavy (non-hydrogen) atoms. The molecule has 8 heteroatoms. The topological polar surface area (TPSA) is 101 Å². The fraction of sp³-hybridized carbons (Fsp3) is 0.321. The van der Waals surface area contributed by atoms with Gasteiger partial charge in [0.05, 0.1) is 24.9 Å². The molecule has 3 aromatic rings. The second-order valence-corrected chi connectivity index (χ2v) is 9.00. The Morgan fingerprint density at radius 1 is 1.08 bits per heavy atom. The third-order valence-corrected chi connectivity index (χ3v) is 6.68. The van der Waals surface area contributed by atoms with Crippen molar-refractivity contribution in [1.29, 1.82) is 0 Å². The summed E-state index contributed by atoms with van der Waals surface area (Å²) in [6.07, 6.45) is 2.19. The first-order valence-corrected chi connectivity index (χ1v) is 11.8. The van der Waals surface area contributed by atoms with Gasteiger partial charge < -0.3 is 23.4 Å². The molecule has 5 rings (SSSR count). The van der Waals surface area contributed by atoms with Crippen LogP contribution < -0.4 is 9.47 Å². The maximum absolute atomic E-state index is 13.3. The Bertz CT molecular complexity index is 1380. The Morgan fingerprint density at radius 3 is 2.67 bits per heavy atom. The molecule has 0 amide bonds. The zero-order valence-electron chi connectivity index (χ0n) is 20.2. The number of methoxy groups -OCH3 is 1. The van der Waals surface area contributed by atoms with E-state index in [2.05, 4.69) is 0 Å². The van der Waals surface area contributed by atoms with Crippen molar-refractivity contribution in [1.82, 2.24) is 0 Å². The first kappa shape index (κ1) is 23.7. The molecule has 0 saturated heterocycles. The van der Waals surface area contributed by atoms with E-state index in [0.717, 1.165) is 0 Å². The Hall–Kier alpha value is -4.07. The van der Waals surface area contributed by atoms with Crippen LogP contribution in [0.5, 0.6) is 11.5 Å². The number of benzene rings is 2. The number of carbonyl (C=O) groups is 3. The van der Waals surface area contributed by atoms with E-state index in [1.165, 1.54) is 13.2 Å². The summed E-state index contributed by atoms with van der Waals surface area (Å²) in [4.78, 5) is 37.8. The minimum Gasteiger partial charge on any atom is -0.496 e. The lowest BCUT2D eigenvalue weighted by molar-refractivity contribution is -0.132. The molecule has 0 spiro atoms. The lowest BCUT2D eigenvalue weighted by Gasteiger charge is -2.37. The fourth-order valence-corrected chi connectivity index (χ4v) is 5.02. The smallest absolute Gasteiger partial charge is 0.342 e.